The van der Waals surface area contributed by atoms with E-state index in [9.17, 15) is 4.79 Å². The van der Waals surface area contributed by atoms with Gasteiger partial charge in [0.15, 0.2) is 0 Å². The molecule has 0 atom stereocenters. The van der Waals surface area contributed by atoms with Gasteiger partial charge in [-0.05, 0) is 57.3 Å². The number of urea groups is 1. The molecular weight excluding hydrogens is 400 g/mol. The van der Waals surface area contributed by atoms with Crippen molar-refractivity contribution in [2.75, 3.05) is 64.8 Å². The summed E-state index contributed by atoms with van der Waals surface area (Å²) in [5, 5.41) is 3.31. The molecule has 7 nitrogen and oxygen atoms in total. The van der Waals surface area contributed by atoms with Crippen molar-refractivity contribution in [1.82, 2.24) is 25.0 Å². The number of carbonyl (C=O) groups excluding carboxylic acids is 1. The molecule has 32 heavy (non-hydrogen) atoms. The highest BCUT2D eigenvalue weighted by Gasteiger charge is 2.27. The number of amides is 2. The van der Waals surface area contributed by atoms with Gasteiger partial charge in [-0.3, -0.25) is 0 Å². The van der Waals surface area contributed by atoms with Gasteiger partial charge < -0.3 is 24.9 Å². The first-order valence-corrected chi connectivity index (χ1v) is 12.7. The van der Waals surface area contributed by atoms with E-state index in [1.54, 1.807) is 0 Å². The second-order valence-electron chi connectivity index (χ2n) is 10.3. The van der Waals surface area contributed by atoms with E-state index in [2.05, 4.69) is 51.2 Å². The summed E-state index contributed by atoms with van der Waals surface area (Å²) >= 11 is 0. The number of anilines is 1. The standard InChI is InChI=1S/C25H42N6O/c1-28(2)19-22-8-9-24(26-18-22)30-14-16-31(17-15-30)25(32)27-23-10-12-29(13-11-23)20-21-6-4-3-5-7-21/h8-9,18,21,23H,3-7,10-17,19-20H2,1-2H3,(H,27,32). The Balaban J connectivity index is 1.16. The number of hydrogen-bond acceptors (Lipinski definition) is 5. The number of nitrogens with zero attached hydrogens (tertiary/aromatic N) is 5. The largest absolute Gasteiger partial charge is 0.353 e. The Bertz CT molecular complexity index is 702. The molecule has 1 N–H and O–H groups in total. The molecule has 1 saturated carbocycles. The minimum Gasteiger partial charge on any atom is -0.353 e. The Kier molecular flexibility index (Phi) is 8.25. The summed E-state index contributed by atoms with van der Waals surface area (Å²) in [4.78, 5) is 26.5. The maximum absolute atomic E-state index is 12.8. The van der Waals surface area contributed by atoms with Gasteiger partial charge in [0.05, 0.1) is 0 Å². The van der Waals surface area contributed by atoms with Gasteiger partial charge in [-0.1, -0.05) is 25.3 Å². The van der Waals surface area contributed by atoms with Gasteiger partial charge in [0, 0.05) is 64.6 Å². The first-order chi connectivity index (χ1) is 15.6. The number of aromatic nitrogens is 1. The quantitative estimate of drug-likeness (QED) is 0.734. The summed E-state index contributed by atoms with van der Waals surface area (Å²) in [7, 11) is 4.14. The summed E-state index contributed by atoms with van der Waals surface area (Å²) < 4.78 is 0. The van der Waals surface area contributed by atoms with Gasteiger partial charge >= 0.3 is 6.03 Å². The highest BCUT2D eigenvalue weighted by Crippen LogP contribution is 2.25. The molecule has 2 amide bonds. The van der Waals surface area contributed by atoms with E-state index in [0.717, 1.165) is 70.4 Å². The second kappa shape index (κ2) is 11.3. The fraction of sp³-hybridized carbons (Fsp3) is 0.760. The van der Waals surface area contributed by atoms with Crippen molar-refractivity contribution in [3.8, 4) is 0 Å². The normalized spacial score (nSPS) is 21.8. The molecule has 7 heteroatoms. The van der Waals surface area contributed by atoms with Crippen molar-refractivity contribution in [2.45, 2.75) is 57.5 Å². The van der Waals surface area contributed by atoms with E-state index in [4.69, 9.17) is 0 Å². The van der Waals surface area contributed by atoms with Crippen LogP contribution in [-0.4, -0.2) is 91.7 Å². The van der Waals surface area contributed by atoms with Crippen LogP contribution in [0.1, 0.15) is 50.5 Å². The lowest BCUT2D eigenvalue weighted by Crippen LogP contribution is -2.55. The zero-order chi connectivity index (χ0) is 22.3. The maximum Gasteiger partial charge on any atom is 0.317 e. The van der Waals surface area contributed by atoms with Crippen molar-refractivity contribution < 1.29 is 4.79 Å². The molecule has 0 radical (unpaired) electrons. The molecule has 178 valence electrons. The Morgan fingerprint density at radius 1 is 1.00 bits per heavy atom. The monoisotopic (exact) mass is 442 g/mol. The van der Waals surface area contributed by atoms with Crippen LogP contribution in [0.5, 0.6) is 0 Å². The Morgan fingerprint density at radius 2 is 1.72 bits per heavy atom. The van der Waals surface area contributed by atoms with Crippen molar-refractivity contribution in [2.24, 2.45) is 5.92 Å². The van der Waals surface area contributed by atoms with Crippen LogP contribution in [0.3, 0.4) is 0 Å². The zero-order valence-electron chi connectivity index (χ0n) is 20.1. The van der Waals surface area contributed by atoms with Crippen molar-refractivity contribution in [3.05, 3.63) is 23.9 Å². The third kappa shape index (κ3) is 6.58. The number of pyridine rings is 1. The molecule has 1 aromatic heterocycles. The lowest BCUT2D eigenvalue weighted by molar-refractivity contribution is 0.148. The van der Waals surface area contributed by atoms with Crippen LogP contribution in [-0.2, 0) is 6.54 Å². The molecule has 2 saturated heterocycles. The Hall–Kier alpha value is -1.86. The molecule has 1 aromatic rings. The molecular formula is C25H42N6O. The number of piperidine rings is 1. The van der Waals surface area contributed by atoms with Gasteiger partial charge in [-0.25, -0.2) is 9.78 Å². The molecule has 0 aromatic carbocycles. The van der Waals surface area contributed by atoms with E-state index in [0.29, 0.717) is 6.04 Å². The Morgan fingerprint density at radius 3 is 2.34 bits per heavy atom. The van der Waals surface area contributed by atoms with Crippen molar-refractivity contribution >= 4 is 11.8 Å². The molecule has 0 bridgehead atoms. The average Bonchev–Trinajstić information content (AvgIpc) is 2.81. The fourth-order valence-electron chi connectivity index (χ4n) is 5.46. The second-order valence-corrected chi connectivity index (χ2v) is 10.3. The van der Waals surface area contributed by atoms with Gasteiger partial charge in [0.1, 0.15) is 5.82 Å². The van der Waals surface area contributed by atoms with Crippen molar-refractivity contribution in [1.29, 1.82) is 0 Å². The van der Waals surface area contributed by atoms with Gasteiger partial charge in [0.2, 0.25) is 0 Å². The van der Waals surface area contributed by atoms with Crippen LogP contribution < -0.4 is 10.2 Å². The van der Waals surface area contributed by atoms with Crippen LogP contribution in [0.4, 0.5) is 10.6 Å². The first kappa shape index (κ1) is 23.3. The number of rotatable bonds is 6. The third-order valence-electron chi connectivity index (χ3n) is 7.36. The minimum atomic E-state index is 0.115. The van der Waals surface area contributed by atoms with Gasteiger partial charge in [-0.2, -0.15) is 0 Å². The molecule has 3 aliphatic rings. The molecule has 1 aliphatic carbocycles. The summed E-state index contributed by atoms with van der Waals surface area (Å²) in [6.45, 7) is 7.63. The van der Waals surface area contributed by atoms with Crippen LogP contribution in [0.2, 0.25) is 0 Å². The molecule has 0 spiro atoms. The number of likely N-dealkylation sites (tertiary alicyclic amines) is 1. The maximum atomic E-state index is 12.8. The molecule has 3 heterocycles. The van der Waals surface area contributed by atoms with Crippen molar-refractivity contribution in [3.63, 3.8) is 0 Å². The van der Waals surface area contributed by atoms with Gasteiger partial charge in [-0.15, -0.1) is 0 Å². The number of piperazine rings is 1. The molecule has 4 rings (SSSR count). The first-order valence-electron chi connectivity index (χ1n) is 12.7. The smallest absolute Gasteiger partial charge is 0.317 e. The van der Waals surface area contributed by atoms with E-state index >= 15 is 0 Å². The molecule has 0 unspecified atom stereocenters. The van der Waals surface area contributed by atoms with Crippen LogP contribution in [0.15, 0.2) is 18.3 Å². The number of nitrogens with one attached hydrogen (secondary N) is 1. The highest BCUT2D eigenvalue weighted by molar-refractivity contribution is 5.75. The number of carbonyl (C=O) groups is 1. The zero-order valence-corrected chi connectivity index (χ0v) is 20.1. The highest BCUT2D eigenvalue weighted by atomic mass is 16.2. The van der Waals surface area contributed by atoms with Gasteiger partial charge in [0.25, 0.3) is 0 Å². The summed E-state index contributed by atoms with van der Waals surface area (Å²) in [5.41, 5.74) is 1.22. The predicted molar refractivity (Wildman–Crippen MR) is 130 cm³/mol. The molecule has 3 fully saturated rings. The SMILES string of the molecule is CN(C)Cc1ccc(N2CCN(C(=O)NC3CCN(CC4CCCCC4)CC3)CC2)nc1. The minimum absolute atomic E-state index is 0.115. The predicted octanol–water partition coefficient (Wildman–Crippen LogP) is 3.02. The lowest BCUT2D eigenvalue weighted by atomic mass is 9.88. The Labute approximate surface area is 194 Å². The summed E-state index contributed by atoms with van der Waals surface area (Å²) in [5.74, 6) is 1.92. The van der Waals surface area contributed by atoms with E-state index < -0.39 is 0 Å². The van der Waals surface area contributed by atoms with E-state index in [-0.39, 0.29) is 6.03 Å². The average molecular weight is 443 g/mol. The van der Waals surface area contributed by atoms with Crippen LogP contribution in [0.25, 0.3) is 0 Å². The molecule has 2 aliphatic heterocycles. The van der Waals surface area contributed by atoms with Crippen LogP contribution in [0, 0.1) is 5.92 Å². The lowest BCUT2D eigenvalue weighted by Gasteiger charge is -2.38. The summed E-state index contributed by atoms with van der Waals surface area (Å²) in [6, 6.07) is 4.70. The topological polar surface area (TPSA) is 55.0 Å². The fourth-order valence-corrected chi connectivity index (χ4v) is 5.46. The summed E-state index contributed by atoms with van der Waals surface area (Å²) in [6.07, 6.45) is 11.2. The van der Waals surface area contributed by atoms with E-state index in [1.165, 1.54) is 44.2 Å². The van der Waals surface area contributed by atoms with E-state index in [1.807, 2.05) is 11.1 Å². The third-order valence-corrected chi connectivity index (χ3v) is 7.36. The number of hydrogen-bond donors (Lipinski definition) is 1. The van der Waals surface area contributed by atoms with Crippen LogP contribution >= 0.6 is 0 Å².